The first kappa shape index (κ1) is 19.0. The van der Waals surface area contributed by atoms with Gasteiger partial charge >= 0.3 is 5.76 Å². The van der Waals surface area contributed by atoms with E-state index in [9.17, 15) is 22.0 Å². The van der Waals surface area contributed by atoms with Crippen molar-refractivity contribution in [3.8, 4) is 0 Å². The molecular weight excluding hydrogens is 350 g/mol. The van der Waals surface area contributed by atoms with E-state index in [0.717, 1.165) is 24.2 Å². The fraction of sp³-hybridized carbons (Fsp3) is 0.235. The Morgan fingerprint density at radius 2 is 1.60 bits per heavy atom. The first-order valence-corrected chi connectivity index (χ1v) is 8.92. The van der Waals surface area contributed by atoms with Gasteiger partial charge in [-0.05, 0) is 56.1 Å². The Kier molecular flexibility index (Phi) is 5.86. The molecule has 0 aliphatic carbocycles. The van der Waals surface area contributed by atoms with Gasteiger partial charge in [0.15, 0.2) is 0 Å². The van der Waals surface area contributed by atoms with Gasteiger partial charge in [0.1, 0.15) is 0 Å². The van der Waals surface area contributed by atoms with Gasteiger partial charge in [-0.1, -0.05) is 12.1 Å². The maximum absolute atomic E-state index is 12.5. The van der Waals surface area contributed by atoms with Crippen LogP contribution in [0.5, 0.6) is 0 Å². The number of sulfone groups is 1. The number of rotatable bonds is 6. The Bertz CT molecular complexity index is 833. The van der Waals surface area contributed by atoms with Crippen LogP contribution in [0.2, 0.25) is 0 Å². The van der Waals surface area contributed by atoms with Gasteiger partial charge in [0, 0.05) is 17.8 Å². The minimum absolute atomic E-state index is 0.315. The summed E-state index contributed by atoms with van der Waals surface area (Å²) in [6.07, 6.45) is 0. The van der Waals surface area contributed by atoms with E-state index < -0.39 is 20.5 Å². The van der Waals surface area contributed by atoms with Gasteiger partial charge in [-0.2, -0.15) is 8.78 Å². The molecule has 0 aliphatic rings. The fourth-order valence-corrected chi connectivity index (χ4v) is 2.88. The van der Waals surface area contributed by atoms with Gasteiger partial charge in [-0.15, -0.1) is 0 Å². The summed E-state index contributed by atoms with van der Waals surface area (Å²) in [5, 5.41) is 2.59. The van der Waals surface area contributed by atoms with Gasteiger partial charge in [0.05, 0.1) is 4.90 Å². The second-order valence-corrected chi connectivity index (χ2v) is 7.64. The highest BCUT2D eigenvalue weighted by Crippen LogP contribution is 2.20. The maximum atomic E-state index is 12.5. The van der Waals surface area contributed by atoms with Crippen molar-refractivity contribution >= 4 is 21.4 Å². The first-order valence-electron chi connectivity index (χ1n) is 7.37. The number of hydrogen-bond donors (Lipinski definition) is 1. The van der Waals surface area contributed by atoms with E-state index in [-0.39, 0.29) is 5.91 Å². The van der Waals surface area contributed by atoms with Crippen LogP contribution in [0.1, 0.15) is 15.9 Å². The van der Waals surface area contributed by atoms with Crippen LogP contribution >= 0.6 is 0 Å². The lowest BCUT2D eigenvalue weighted by Gasteiger charge is -2.10. The van der Waals surface area contributed by atoms with Gasteiger partial charge in [-0.25, -0.2) is 8.42 Å². The number of alkyl halides is 2. The quantitative estimate of drug-likeness (QED) is 0.851. The lowest BCUT2D eigenvalue weighted by atomic mass is 10.1. The van der Waals surface area contributed by atoms with Gasteiger partial charge in [0.2, 0.25) is 9.84 Å². The molecule has 0 saturated heterocycles. The van der Waals surface area contributed by atoms with Crippen LogP contribution in [0.25, 0.3) is 0 Å². The number of amides is 1. The van der Waals surface area contributed by atoms with E-state index in [2.05, 4.69) is 5.32 Å². The number of anilines is 1. The molecule has 2 aromatic rings. The van der Waals surface area contributed by atoms with E-state index in [4.69, 9.17) is 0 Å². The highest BCUT2D eigenvalue weighted by Gasteiger charge is 2.26. The van der Waals surface area contributed by atoms with Crippen LogP contribution in [-0.4, -0.2) is 39.1 Å². The minimum atomic E-state index is -4.64. The first-order chi connectivity index (χ1) is 11.7. The Labute approximate surface area is 145 Å². The summed E-state index contributed by atoms with van der Waals surface area (Å²) >= 11 is 0. The average Bonchev–Trinajstić information content (AvgIpc) is 2.55. The van der Waals surface area contributed by atoms with Crippen molar-refractivity contribution in [2.45, 2.75) is 17.2 Å². The standard InChI is InChI=1S/C17H18F2N2O3S/c1-21(2)11-12-3-5-13(6-4-12)16(22)20-14-7-9-15(10-8-14)25(23,24)17(18)19/h3-10,17H,11H2,1-2H3,(H,20,22). The highest BCUT2D eigenvalue weighted by atomic mass is 32.2. The number of nitrogens with zero attached hydrogens (tertiary/aromatic N) is 1. The highest BCUT2D eigenvalue weighted by molar-refractivity contribution is 7.91. The second-order valence-electron chi connectivity index (χ2n) is 5.72. The van der Waals surface area contributed by atoms with Crippen LogP contribution < -0.4 is 5.32 Å². The SMILES string of the molecule is CN(C)Cc1ccc(C(=O)Nc2ccc(S(=O)(=O)C(F)F)cc2)cc1. The molecule has 1 N–H and O–H groups in total. The van der Waals surface area contributed by atoms with Gasteiger partial charge in [-0.3, -0.25) is 4.79 Å². The number of benzene rings is 2. The van der Waals surface area contributed by atoms with Crippen LogP contribution in [0.3, 0.4) is 0 Å². The molecule has 0 spiro atoms. The van der Waals surface area contributed by atoms with Gasteiger partial charge < -0.3 is 10.2 Å². The summed E-state index contributed by atoms with van der Waals surface area (Å²) in [5.41, 5.74) is 1.81. The predicted molar refractivity (Wildman–Crippen MR) is 91.4 cm³/mol. The monoisotopic (exact) mass is 368 g/mol. The Morgan fingerprint density at radius 1 is 1.04 bits per heavy atom. The van der Waals surface area contributed by atoms with Crippen molar-refractivity contribution in [3.63, 3.8) is 0 Å². The lowest BCUT2D eigenvalue weighted by molar-refractivity contribution is 0.102. The molecule has 0 saturated carbocycles. The van der Waals surface area contributed by atoms with E-state index in [0.29, 0.717) is 11.3 Å². The molecule has 0 bridgehead atoms. The molecule has 0 fully saturated rings. The molecule has 0 aliphatic heterocycles. The summed E-state index contributed by atoms with van der Waals surface area (Å²) in [6, 6.07) is 11.7. The number of nitrogens with one attached hydrogen (secondary N) is 1. The molecule has 0 aromatic heterocycles. The molecule has 1 amide bonds. The van der Waals surface area contributed by atoms with Crippen molar-refractivity contribution in [1.29, 1.82) is 0 Å². The molecule has 2 aromatic carbocycles. The largest absolute Gasteiger partial charge is 0.341 e. The van der Waals surface area contributed by atoms with Crippen LogP contribution in [0.4, 0.5) is 14.5 Å². The van der Waals surface area contributed by atoms with E-state index in [1.807, 2.05) is 31.1 Å². The summed E-state index contributed by atoms with van der Waals surface area (Å²) in [5.74, 6) is -3.85. The van der Waals surface area contributed by atoms with E-state index in [1.54, 1.807) is 12.1 Å². The third kappa shape index (κ3) is 4.83. The fourth-order valence-electron chi connectivity index (χ4n) is 2.16. The van der Waals surface area contributed by atoms with Gasteiger partial charge in [0.25, 0.3) is 5.91 Å². The normalized spacial score (nSPS) is 11.8. The van der Waals surface area contributed by atoms with Crippen molar-refractivity contribution in [1.82, 2.24) is 4.90 Å². The molecule has 134 valence electrons. The summed E-state index contributed by atoms with van der Waals surface area (Å²) in [4.78, 5) is 13.7. The molecule has 0 heterocycles. The predicted octanol–water partition coefficient (Wildman–Crippen LogP) is 3.00. The number of hydrogen-bond acceptors (Lipinski definition) is 4. The van der Waals surface area contributed by atoms with Crippen LogP contribution in [-0.2, 0) is 16.4 Å². The zero-order valence-electron chi connectivity index (χ0n) is 13.7. The molecule has 0 atom stereocenters. The summed E-state index contributed by atoms with van der Waals surface area (Å²) in [7, 11) is -0.753. The number of carbonyl (C=O) groups excluding carboxylic acids is 1. The topological polar surface area (TPSA) is 66.5 Å². The molecule has 2 rings (SSSR count). The Hall–Kier alpha value is -2.32. The van der Waals surface area contributed by atoms with Crippen molar-refractivity contribution in [2.75, 3.05) is 19.4 Å². The van der Waals surface area contributed by atoms with Crippen molar-refractivity contribution in [2.24, 2.45) is 0 Å². The van der Waals surface area contributed by atoms with Crippen molar-refractivity contribution < 1.29 is 22.0 Å². The van der Waals surface area contributed by atoms with E-state index in [1.165, 1.54) is 12.1 Å². The van der Waals surface area contributed by atoms with Crippen LogP contribution in [0.15, 0.2) is 53.4 Å². The molecular formula is C17H18F2N2O3S. The average molecular weight is 368 g/mol. The molecule has 5 nitrogen and oxygen atoms in total. The second kappa shape index (κ2) is 7.71. The minimum Gasteiger partial charge on any atom is -0.322 e. The zero-order chi connectivity index (χ0) is 18.6. The summed E-state index contributed by atoms with van der Waals surface area (Å²) in [6.45, 7) is 0.752. The van der Waals surface area contributed by atoms with E-state index >= 15 is 0 Å². The lowest BCUT2D eigenvalue weighted by Crippen LogP contribution is -2.14. The number of halogens is 2. The maximum Gasteiger partial charge on any atom is 0.341 e. The molecule has 25 heavy (non-hydrogen) atoms. The van der Waals surface area contributed by atoms with Crippen LogP contribution in [0, 0.1) is 0 Å². The number of carbonyl (C=O) groups is 1. The molecule has 0 radical (unpaired) electrons. The summed E-state index contributed by atoms with van der Waals surface area (Å²) < 4.78 is 47.7. The Morgan fingerprint density at radius 3 is 2.08 bits per heavy atom. The molecule has 0 unspecified atom stereocenters. The zero-order valence-corrected chi connectivity index (χ0v) is 14.6. The molecule has 8 heteroatoms. The Balaban J connectivity index is 2.08. The smallest absolute Gasteiger partial charge is 0.322 e. The van der Waals surface area contributed by atoms with Crippen molar-refractivity contribution in [3.05, 3.63) is 59.7 Å². The third-order valence-electron chi connectivity index (χ3n) is 3.39. The third-order valence-corrected chi connectivity index (χ3v) is 4.79.